The average molecular weight is 482 g/mol. The molecule has 0 aliphatic rings. The van der Waals surface area contributed by atoms with Crippen molar-refractivity contribution in [3.8, 4) is 0 Å². The van der Waals surface area contributed by atoms with Gasteiger partial charge in [-0.3, -0.25) is 14.9 Å². The number of anilines is 1. The molecule has 12 heteroatoms. The molecule has 33 heavy (non-hydrogen) atoms. The number of nitro benzene ring substituents is 1. The molecule has 174 valence electrons. The van der Waals surface area contributed by atoms with Crippen LogP contribution in [0.1, 0.15) is 29.4 Å². The van der Waals surface area contributed by atoms with Gasteiger partial charge < -0.3 is 15.2 Å². The van der Waals surface area contributed by atoms with Crippen molar-refractivity contribution in [1.82, 2.24) is 14.9 Å². The largest absolute Gasteiger partial charge is 0.416 e. The highest BCUT2D eigenvalue weighted by atomic mass is 35.5. The molecule has 3 rings (SSSR count). The van der Waals surface area contributed by atoms with Crippen LogP contribution in [0.15, 0.2) is 54.9 Å². The van der Waals surface area contributed by atoms with Crippen LogP contribution >= 0.6 is 11.6 Å². The summed E-state index contributed by atoms with van der Waals surface area (Å²) in [7, 11) is 1.78. The minimum absolute atomic E-state index is 0.0358. The van der Waals surface area contributed by atoms with Gasteiger partial charge in [0.05, 0.1) is 10.5 Å². The summed E-state index contributed by atoms with van der Waals surface area (Å²) in [5.74, 6) is 0.192. The van der Waals surface area contributed by atoms with Crippen LogP contribution in [0.5, 0.6) is 0 Å². The van der Waals surface area contributed by atoms with Crippen molar-refractivity contribution in [2.45, 2.75) is 18.6 Å². The smallest absolute Gasteiger partial charge is 0.379 e. The van der Waals surface area contributed by atoms with Gasteiger partial charge in [-0.15, -0.1) is 0 Å². The Kier molecular flexibility index (Phi) is 7.22. The quantitative estimate of drug-likeness (QED) is 0.358. The Morgan fingerprint density at radius 1 is 1.24 bits per heavy atom. The zero-order valence-electron chi connectivity index (χ0n) is 17.3. The maximum absolute atomic E-state index is 12.8. The number of hydrogen-bond acceptors (Lipinski definition) is 5. The Hall–Kier alpha value is -3.60. The summed E-state index contributed by atoms with van der Waals surface area (Å²) in [6.45, 7) is -0.0358. The average Bonchev–Trinajstić information content (AvgIpc) is 3.17. The number of rotatable bonds is 8. The third-order valence-electron chi connectivity index (χ3n) is 4.81. The second kappa shape index (κ2) is 9.90. The number of nitrogens with one attached hydrogen (secondary N) is 2. The Morgan fingerprint density at radius 3 is 2.52 bits per heavy atom. The number of aryl methyl sites for hydroxylation is 1. The minimum Gasteiger partial charge on any atom is -0.379 e. The Labute approximate surface area is 191 Å². The zero-order chi connectivity index (χ0) is 24.2. The first-order valence-corrected chi connectivity index (χ1v) is 10.1. The lowest BCUT2D eigenvalue weighted by Crippen LogP contribution is -2.32. The van der Waals surface area contributed by atoms with Crippen LogP contribution in [-0.2, 0) is 18.0 Å². The summed E-state index contributed by atoms with van der Waals surface area (Å²) >= 11 is 5.95. The molecule has 0 unspecified atom stereocenters. The molecular weight excluding hydrogens is 463 g/mol. The van der Waals surface area contributed by atoms with Crippen LogP contribution in [0.4, 0.5) is 24.5 Å². The van der Waals surface area contributed by atoms with E-state index < -0.39 is 28.4 Å². The van der Waals surface area contributed by atoms with Crippen LogP contribution < -0.4 is 10.6 Å². The van der Waals surface area contributed by atoms with Gasteiger partial charge >= 0.3 is 6.18 Å². The summed E-state index contributed by atoms with van der Waals surface area (Å²) in [6.07, 6.45) is -1.47. The first-order chi connectivity index (χ1) is 15.6. The van der Waals surface area contributed by atoms with Gasteiger partial charge in [0, 0.05) is 43.5 Å². The van der Waals surface area contributed by atoms with E-state index in [-0.39, 0.29) is 24.6 Å². The number of aromatic nitrogens is 2. The van der Waals surface area contributed by atoms with Crippen molar-refractivity contribution < 1.29 is 22.9 Å². The van der Waals surface area contributed by atoms with Gasteiger partial charge in [-0.2, -0.15) is 13.2 Å². The van der Waals surface area contributed by atoms with Gasteiger partial charge in [-0.25, -0.2) is 4.98 Å². The fourth-order valence-electron chi connectivity index (χ4n) is 3.16. The van der Waals surface area contributed by atoms with E-state index in [0.29, 0.717) is 16.9 Å². The van der Waals surface area contributed by atoms with E-state index in [1.807, 2.05) is 0 Å². The Morgan fingerprint density at radius 2 is 1.94 bits per heavy atom. The first kappa shape index (κ1) is 24.1. The SMILES string of the molecule is Cn1ccnc1[C@@H](NC(=O)CCNc1ccc(C(F)(F)F)cc1[N+](=O)[O-])c1ccc(Cl)cc1. The van der Waals surface area contributed by atoms with Crippen LogP contribution in [0, 0.1) is 10.1 Å². The summed E-state index contributed by atoms with van der Waals surface area (Å²) in [5, 5.41) is 17.2. The van der Waals surface area contributed by atoms with Crippen molar-refractivity contribution in [2.24, 2.45) is 7.05 Å². The summed E-state index contributed by atoms with van der Waals surface area (Å²) in [5.41, 5.74) is -1.22. The number of hydrogen-bond donors (Lipinski definition) is 2. The number of carbonyl (C=O) groups is 1. The number of nitro groups is 1. The minimum atomic E-state index is -4.70. The van der Waals surface area contributed by atoms with E-state index in [9.17, 15) is 28.1 Å². The number of alkyl halides is 3. The molecule has 8 nitrogen and oxygen atoms in total. The van der Waals surface area contributed by atoms with E-state index >= 15 is 0 Å². The number of halogens is 4. The van der Waals surface area contributed by atoms with E-state index in [1.54, 1.807) is 48.3 Å². The molecule has 2 N–H and O–H groups in total. The molecule has 1 atom stereocenters. The second-order valence-corrected chi connectivity index (χ2v) is 7.55. The number of benzene rings is 2. The molecule has 0 bridgehead atoms. The van der Waals surface area contributed by atoms with Crippen LogP contribution in [0.2, 0.25) is 5.02 Å². The molecule has 0 fully saturated rings. The maximum Gasteiger partial charge on any atom is 0.416 e. The molecule has 1 aromatic heterocycles. The van der Waals surface area contributed by atoms with E-state index in [4.69, 9.17) is 11.6 Å². The topological polar surface area (TPSA) is 102 Å². The van der Waals surface area contributed by atoms with Gasteiger partial charge in [-0.1, -0.05) is 23.7 Å². The third-order valence-corrected chi connectivity index (χ3v) is 5.07. The van der Waals surface area contributed by atoms with Gasteiger partial charge in [0.15, 0.2) is 0 Å². The Balaban J connectivity index is 1.69. The van der Waals surface area contributed by atoms with Crippen molar-refractivity contribution in [3.05, 3.63) is 86.9 Å². The van der Waals surface area contributed by atoms with Gasteiger partial charge in [0.2, 0.25) is 5.91 Å². The zero-order valence-corrected chi connectivity index (χ0v) is 18.0. The van der Waals surface area contributed by atoms with Crippen LogP contribution in [-0.4, -0.2) is 26.9 Å². The van der Waals surface area contributed by atoms with Crippen molar-refractivity contribution >= 4 is 28.9 Å². The lowest BCUT2D eigenvalue weighted by molar-refractivity contribution is -0.384. The number of carbonyl (C=O) groups excluding carboxylic acids is 1. The predicted octanol–water partition coefficient (Wildman–Crippen LogP) is 4.71. The number of imidazole rings is 1. The molecule has 0 saturated heterocycles. The lowest BCUT2D eigenvalue weighted by atomic mass is 10.1. The fourth-order valence-corrected chi connectivity index (χ4v) is 3.29. The molecule has 0 aliphatic carbocycles. The van der Waals surface area contributed by atoms with Crippen molar-refractivity contribution in [2.75, 3.05) is 11.9 Å². The number of nitrogens with zero attached hydrogens (tertiary/aromatic N) is 3. The van der Waals surface area contributed by atoms with Gasteiger partial charge in [0.1, 0.15) is 17.6 Å². The van der Waals surface area contributed by atoms with Crippen molar-refractivity contribution in [3.63, 3.8) is 0 Å². The highest BCUT2D eigenvalue weighted by Gasteiger charge is 2.33. The van der Waals surface area contributed by atoms with Gasteiger partial charge in [-0.05, 0) is 29.8 Å². The van der Waals surface area contributed by atoms with E-state index in [1.165, 1.54) is 0 Å². The number of amides is 1. The standard InChI is InChI=1S/C21H19ClF3N5O3/c1-29-11-10-27-20(29)19(13-2-5-15(22)6-3-13)28-18(31)8-9-26-16-7-4-14(21(23,24)25)12-17(16)30(32)33/h2-7,10-12,19,26H,8-9H2,1H3,(H,28,31)/t19-/m0/s1. The lowest BCUT2D eigenvalue weighted by Gasteiger charge is -2.19. The first-order valence-electron chi connectivity index (χ1n) is 9.68. The Bertz CT molecular complexity index is 1150. The maximum atomic E-state index is 12.8. The summed E-state index contributed by atoms with van der Waals surface area (Å²) in [4.78, 5) is 27.2. The molecule has 0 radical (unpaired) electrons. The van der Waals surface area contributed by atoms with Crippen LogP contribution in [0.3, 0.4) is 0 Å². The fraction of sp³-hybridized carbons (Fsp3) is 0.238. The monoisotopic (exact) mass is 481 g/mol. The highest BCUT2D eigenvalue weighted by molar-refractivity contribution is 6.30. The second-order valence-electron chi connectivity index (χ2n) is 7.11. The molecule has 0 spiro atoms. The molecule has 1 amide bonds. The third kappa shape index (κ3) is 6.01. The molecule has 2 aromatic carbocycles. The van der Waals surface area contributed by atoms with E-state index in [0.717, 1.165) is 17.7 Å². The van der Waals surface area contributed by atoms with Gasteiger partial charge in [0.25, 0.3) is 5.69 Å². The summed E-state index contributed by atoms with van der Waals surface area (Å²) in [6, 6.07) is 8.48. The van der Waals surface area contributed by atoms with Crippen LogP contribution in [0.25, 0.3) is 0 Å². The normalized spacial score (nSPS) is 12.3. The molecule has 0 aliphatic heterocycles. The highest BCUT2D eigenvalue weighted by Crippen LogP contribution is 2.35. The molecular formula is C21H19ClF3N5O3. The van der Waals surface area contributed by atoms with Crippen molar-refractivity contribution in [1.29, 1.82) is 0 Å². The van der Waals surface area contributed by atoms with E-state index in [2.05, 4.69) is 15.6 Å². The predicted molar refractivity (Wildman–Crippen MR) is 116 cm³/mol. The molecule has 3 aromatic rings. The molecule has 1 heterocycles. The molecule has 0 saturated carbocycles. The summed E-state index contributed by atoms with van der Waals surface area (Å²) < 4.78 is 40.3.